The summed E-state index contributed by atoms with van der Waals surface area (Å²) in [5.41, 5.74) is 4.19. The monoisotopic (exact) mass is 466 g/mol. The number of thiophene rings is 1. The normalized spacial score (nSPS) is 11.3. The van der Waals surface area contributed by atoms with Gasteiger partial charge in [-0.05, 0) is 54.4 Å². The highest BCUT2D eigenvalue weighted by Gasteiger charge is 2.18. The first kappa shape index (κ1) is 20.0. The molecular formula is C23H16Cl2N4OS. The predicted octanol–water partition coefficient (Wildman–Crippen LogP) is 6.76. The Kier molecular flexibility index (Phi) is 5.14. The average molecular weight is 467 g/mol. The number of amides is 1. The Hall–Kier alpha value is -2.93. The molecule has 5 rings (SSSR count). The molecule has 0 saturated carbocycles. The second-order valence-corrected chi connectivity index (χ2v) is 8.92. The molecule has 154 valence electrons. The lowest BCUT2D eigenvalue weighted by atomic mass is 10.2. The fourth-order valence-corrected chi connectivity index (χ4v) is 5.03. The number of anilines is 1. The maximum Gasteiger partial charge on any atom is 0.267 e. The van der Waals surface area contributed by atoms with E-state index in [1.165, 1.54) is 16.9 Å². The Morgan fingerprint density at radius 3 is 2.55 bits per heavy atom. The van der Waals surface area contributed by atoms with E-state index in [4.69, 9.17) is 23.2 Å². The smallest absolute Gasteiger partial charge is 0.267 e. The summed E-state index contributed by atoms with van der Waals surface area (Å²) in [4.78, 5) is 14.9. The molecule has 0 saturated heterocycles. The molecule has 0 fully saturated rings. The van der Waals surface area contributed by atoms with Gasteiger partial charge in [-0.2, -0.15) is 4.80 Å². The number of hydrogen-bond donors (Lipinski definition) is 1. The highest BCUT2D eigenvalue weighted by Crippen LogP contribution is 2.37. The fraction of sp³-hybridized carbons (Fsp3) is 0.0870. The third kappa shape index (κ3) is 3.78. The minimum atomic E-state index is -0.274. The minimum absolute atomic E-state index is 0.274. The largest absolute Gasteiger partial charge is 0.321 e. The average Bonchev–Trinajstić information content (AvgIpc) is 3.34. The Labute approximate surface area is 192 Å². The highest BCUT2D eigenvalue weighted by molar-refractivity contribution is 7.21. The van der Waals surface area contributed by atoms with E-state index in [0.717, 1.165) is 27.7 Å². The first-order valence-corrected chi connectivity index (χ1v) is 11.2. The molecule has 2 aromatic heterocycles. The van der Waals surface area contributed by atoms with Gasteiger partial charge in [0.1, 0.15) is 15.9 Å². The van der Waals surface area contributed by atoms with Gasteiger partial charge in [0.25, 0.3) is 5.91 Å². The second kappa shape index (κ2) is 7.96. The molecule has 5 nitrogen and oxygen atoms in total. The number of rotatable bonds is 4. The molecule has 1 N–H and O–H groups in total. The van der Waals surface area contributed by atoms with Crippen molar-refractivity contribution in [1.29, 1.82) is 0 Å². The first-order chi connectivity index (χ1) is 15.0. The minimum Gasteiger partial charge on any atom is -0.321 e. The van der Waals surface area contributed by atoms with Crippen LogP contribution in [0.25, 0.3) is 26.8 Å². The number of hydrogen-bond acceptors (Lipinski definition) is 4. The van der Waals surface area contributed by atoms with Gasteiger partial charge in [-0.1, -0.05) is 48.3 Å². The molecule has 3 aromatic carbocycles. The van der Waals surface area contributed by atoms with Gasteiger partial charge in [-0.3, -0.25) is 4.79 Å². The topological polar surface area (TPSA) is 59.8 Å². The lowest BCUT2D eigenvalue weighted by Crippen LogP contribution is -2.10. The van der Waals surface area contributed by atoms with Crippen molar-refractivity contribution in [3.8, 4) is 5.69 Å². The zero-order valence-electron chi connectivity index (χ0n) is 16.4. The van der Waals surface area contributed by atoms with Gasteiger partial charge in [-0.25, -0.2) is 0 Å². The molecule has 8 heteroatoms. The van der Waals surface area contributed by atoms with Crippen LogP contribution >= 0.6 is 34.5 Å². The van der Waals surface area contributed by atoms with Crippen LogP contribution in [0, 0.1) is 0 Å². The zero-order valence-corrected chi connectivity index (χ0v) is 18.7. The van der Waals surface area contributed by atoms with Crippen molar-refractivity contribution in [1.82, 2.24) is 15.0 Å². The Balaban J connectivity index is 1.43. The van der Waals surface area contributed by atoms with Gasteiger partial charge in [0.05, 0.1) is 10.7 Å². The number of nitrogens with one attached hydrogen (secondary N) is 1. The third-order valence-corrected chi connectivity index (χ3v) is 6.90. The van der Waals surface area contributed by atoms with Gasteiger partial charge in [-0.15, -0.1) is 21.5 Å². The van der Waals surface area contributed by atoms with Crippen molar-refractivity contribution in [3.63, 3.8) is 0 Å². The molecule has 0 radical (unpaired) electrons. The van der Waals surface area contributed by atoms with Gasteiger partial charge in [0.15, 0.2) is 0 Å². The Bertz CT molecular complexity index is 1440. The van der Waals surface area contributed by atoms with Crippen molar-refractivity contribution in [2.75, 3.05) is 5.32 Å². The summed E-state index contributed by atoms with van der Waals surface area (Å²) in [7, 11) is 0. The van der Waals surface area contributed by atoms with Crippen molar-refractivity contribution in [2.24, 2.45) is 0 Å². The van der Waals surface area contributed by atoms with E-state index in [-0.39, 0.29) is 5.91 Å². The van der Waals surface area contributed by atoms with Gasteiger partial charge < -0.3 is 5.32 Å². The van der Waals surface area contributed by atoms with Crippen molar-refractivity contribution in [2.45, 2.75) is 13.3 Å². The van der Waals surface area contributed by atoms with E-state index in [2.05, 4.69) is 34.6 Å². The Morgan fingerprint density at radius 2 is 1.77 bits per heavy atom. The quantitative estimate of drug-likeness (QED) is 0.318. The first-order valence-electron chi connectivity index (χ1n) is 9.67. The van der Waals surface area contributed by atoms with Crippen LogP contribution in [0.4, 0.5) is 5.69 Å². The van der Waals surface area contributed by atoms with Crippen LogP contribution in [0.15, 0.2) is 60.7 Å². The predicted molar refractivity (Wildman–Crippen MR) is 128 cm³/mol. The van der Waals surface area contributed by atoms with Crippen LogP contribution in [-0.2, 0) is 6.42 Å². The maximum absolute atomic E-state index is 12.9. The lowest BCUT2D eigenvalue weighted by molar-refractivity contribution is 0.103. The summed E-state index contributed by atoms with van der Waals surface area (Å²) in [5, 5.41) is 13.8. The summed E-state index contributed by atoms with van der Waals surface area (Å²) in [6.07, 6.45) is 0.981. The molecule has 0 aliphatic carbocycles. The summed E-state index contributed by atoms with van der Waals surface area (Å²) in [6, 6.07) is 19.0. The molecule has 0 spiro atoms. The van der Waals surface area contributed by atoms with Crippen LogP contribution in [0.3, 0.4) is 0 Å². The van der Waals surface area contributed by atoms with Crippen LogP contribution in [0.5, 0.6) is 0 Å². The van der Waals surface area contributed by atoms with Crippen molar-refractivity contribution < 1.29 is 4.79 Å². The molecule has 0 atom stereocenters. The molecule has 0 aliphatic rings. The van der Waals surface area contributed by atoms with Crippen LogP contribution in [0.2, 0.25) is 10.0 Å². The lowest BCUT2D eigenvalue weighted by Gasteiger charge is -2.03. The van der Waals surface area contributed by atoms with E-state index in [1.54, 1.807) is 23.0 Å². The number of halogens is 2. The number of nitrogens with zero attached hydrogens (tertiary/aromatic N) is 3. The van der Waals surface area contributed by atoms with Crippen LogP contribution in [-0.4, -0.2) is 20.9 Å². The molecule has 1 amide bonds. The van der Waals surface area contributed by atoms with Crippen LogP contribution in [0.1, 0.15) is 22.2 Å². The number of fused-ring (bicyclic) bond motifs is 2. The number of aryl methyl sites for hydroxylation is 1. The molecule has 31 heavy (non-hydrogen) atoms. The van der Waals surface area contributed by atoms with E-state index in [1.807, 2.05) is 30.3 Å². The number of carbonyl (C=O) groups excluding carboxylic acids is 1. The molecular weight excluding hydrogens is 451 g/mol. The summed E-state index contributed by atoms with van der Waals surface area (Å²) in [6.45, 7) is 2.12. The van der Waals surface area contributed by atoms with Crippen molar-refractivity contribution in [3.05, 3.63) is 81.1 Å². The van der Waals surface area contributed by atoms with Gasteiger partial charge >= 0.3 is 0 Å². The van der Waals surface area contributed by atoms with Gasteiger partial charge in [0.2, 0.25) is 0 Å². The Morgan fingerprint density at radius 1 is 1.00 bits per heavy atom. The third-order valence-electron chi connectivity index (χ3n) is 5.01. The maximum atomic E-state index is 12.9. The van der Waals surface area contributed by atoms with Gasteiger partial charge in [0, 0.05) is 20.8 Å². The fourth-order valence-electron chi connectivity index (χ4n) is 3.35. The standard InChI is InChI=1S/C23H16Cl2N4OS/c1-2-13-3-7-16(8-4-13)29-27-18-10-6-15(12-19(18)28-29)26-23(30)22-21(25)17-9-5-14(24)11-20(17)31-22/h3-12H,2H2,1H3,(H,26,30). The molecule has 0 aliphatic heterocycles. The van der Waals surface area contributed by atoms with E-state index in [0.29, 0.717) is 26.1 Å². The van der Waals surface area contributed by atoms with Crippen molar-refractivity contribution >= 4 is 67.3 Å². The second-order valence-electron chi connectivity index (χ2n) is 7.05. The SMILES string of the molecule is CCc1ccc(-n2nc3ccc(NC(=O)c4sc5cc(Cl)ccc5c4Cl)cc3n2)cc1. The van der Waals surface area contributed by atoms with Crippen LogP contribution < -0.4 is 5.32 Å². The van der Waals surface area contributed by atoms with E-state index in [9.17, 15) is 4.79 Å². The number of carbonyl (C=O) groups is 1. The summed E-state index contributed by atoms with van der Waals surface area (Å²) >= 11 is 13.8. The molecule has 0 bridgehead atoms. The molecule has 2 heterocycles. The number of benzene rings is 3. The van der Waals surface area contributed by atoms with E-state index >= 15 is 0 Å². The number of aromatic nitrogens is 3. The zero-order chi connectivity index (χ0) is 21.5. The summed E-state index contributed by atoms with van der Waals surface area (Å²) < 4.78 is 0.870. The van der Waals surface area contributed by atoms with E-state index < -0.39 is 0 Å². The molecule has 0 unspecified atom stereocenters. The highest BCUT2D eigenvalue weighted by atomic mass is 35.5. The molecule has 5 aromatic rings. The summed E-state index contributed by atoms with van der Waals surface area (Å²) in [5.74, 6) is -0.274.